The second kappa shape index (κ2) is 11.2. The number of likely N-dealkylation sites (tertiary alicyclic amines) is 1. The molecule has 1 amide bonds. The Bertz CT molecular complexity index is 1680. The van der Waals surface area contributed by atoms with Crippen molar-refractivity contribution in [2.45, 2.75) is 58.0 Å². The third kappa shape index (κ3) is 6.29. The largest absolute Gasteiger partial charge is 0.491 e. The van der Waals surface area contributed by atoms with Crippen molar-refractivity contribution < 1.29 is 32.2 Å². The Labute approximate surface area is 252 Å². The number of ether oxygens (including phenoxy) is 3. The van der Waals surface area contributed by atoms with E-state index in [9.17, 15) is 18.0 Å². The van der Waals surface area contributed by atoms with E-state index in [0.29, 0.717) is 54.7 Å². The molecule has 234 valence electrons. The Hall–Kier alpha value is -3.97. The molecule has 44 heavy (non-hydrogen) atoms. The van der Waals surface area contributed by atoms with Crippen LogP contribution in [-0.4, -0.2) is 81.3 Å². The van der Waals surface area contributed by atoms with Crippen LogP contribution in [0.15, 0.2) is 48.7 Å². The van der Waals surface area contributed by atoms with Crippen molar-refractivity contribution in [3.8, 4) is 17.3 Å². The van der Waals surface area contributed by atoms with Gasteiger partial charge in [0.2, 0.25) is 0 Å². The maximum atomic E-state index is 14.6. The lowest BCUT2D eigenvalue weighted by atomic mass is 9.90. The van der Waals surface area contributed by atoms with Crippen LogP contribution in [0.3, 0.4) is 0 Å². The number of nitrogens with zero attached hydrogens (tertiary/aromatic N) is 5. The minimum Gasteiger partial charge on any atom is -0.491 e. The molecule has 6 rings (SSSR count). The first-order valence-corrected chi connectivity index (χ1v) is 14.5. The molecule has 4 aromatic rings. The number of carbonyl (C=O) groups is 1. The quantitative estimate of drug-likeness (QED) is 0.289. The van der Waals surface area contributed by atoms with Crippen molar-refractivity contribution in [3.63, 3.8) is 0 Å². The normalized spacial score (nSPS) is 19.6. The summed E-state index contributed by atoms with van der Waals surface area (Å²) in [6, 6.07) is 9.88. The summed E-state index contributed by atoms with van der Waals surface area (Å²) in [4.78, 5) is 18.4. The topological polar surface area (TPSA) is 103 Å². The molecule has 2 saturated heterocycles. The standard InChI is InChI=1S/C31H35F3N6O4/c1-29(2,3)44-28(41)35-21-12-13-39(15-21)26(31(32,33)34)20-9-11-24-37-38-27(40(24)14-20)22-10-8-19-6-5-7-23(25(19)36-22)43-18-30(4)16-42-17-30/h5-11,14,21,26H,12-13,15-18H2,1-4H3,(H,35,41)/t21-,26+/m0/s1. The van der Waals surface area contributed by atoms with Gasteiger partial charge in [-0.3, -0.25) is 9.30 Å². The van der Waals surface area contributed by atoms with Crippen LogP contribution in [0, 0.1) is 5.41 Å². The number of benzene rings is 1. The molecule has 0 radical (unpaired) electrons. The van der Waals surface area contributed by atoms with Gasteiger partial charge < -0.3 is 19.5 Å². The number of hydrogen-bond acceptors (Lipinski definition) is 8. The lowest BCUT2D eigenvalue weighted by Crippen LogP contribution is -2.44. The predicted molar refractivity (Wildman–Crippen MR) is 156 cm³/mol. The number of rotatable bonds is 7. The molecule has 0 unspecified atom stereocenters. The second-order valence-corrected chi connectivity index (χ2v) is 12.9. The third-order valence-corrected chi connectivity index (χ3v) is 7.75. The summed E-state index contributed by atoms with van der Waals surface area (Å²) < 4.78 is 62.1. The lowest BCUT2D eigenvalue weighted by molar-refractivity contribution is -0.184. The monoisotopic (exact) mass is 612 g/mol. The molecule has 0 bridgehead atoms. The van der Waals surface area contributed by atoms with E-state index in [0.717, 1.165) is 5.39 Å². The maximum Gasteiger partial charge on any atom is 0.408 e. The van der Waals surface area contributed by atoms with E-state index >= 15 is 0 Å². The van der Waals surface area contributed by atoms with Crippen LogP contribution in [0.25, 0.3) is 28.1 Å². The Morgan fingerprint density at radius 3 is 2.64 bits per heavy atom. The van der Waals surface area contributed by atoms with E-state index in [1.807, 2.05) is 24.3 Å². The van der Waals surface area contributed by atoms with Gasteiger partial charge in [0, 0.05) is 36.1 Å². The number of pyridine rings is 2. The molecule has 2 atom stereocenters. The van der Waals surface area contributed by atoms with E-state index in [2.05, 4.69) is 22.4 Å². The number of alkyl halides is 3. The zero-order valence-corrected chi connectivity index (χ0v) is 25.0. The summed E-state index contributed by atoms with van der Waals surface area (Å²) in [6.07, 6.45) is -3.43. The number of nitrogens with one attached hydrogen (secondary N) is 1. The van der Waals surface area contributed by atoms with E-state index in [1.165, 1.54) is 27.6 Å². The molecule has 2 aliphatic heterocycles. The van der Waals surface area contributed by atoms with E-state index in [-0.39, 0.29) is 24.1 Å². The average Bonchev–Trinajstić information content (AvgIpc) is 3.55. The highest BCUT2D eigenvalue weighted by Crippen LogP contribution is 2.40. The highest BCUT2D eigenvalue weighted by molar-refractivity contribution is 5.86. The number of fused-ring (bicyclic) bond motifs is 2. The SMILES string of the molecule is CC1(COc2cccc3ccc(-c4nnc5ccc([C@@H](N6CC[C@H](NC(=O)OC(C)(C)C)C6)C(F)(F)F)cn45)nc23)COC1. The predicted octanol–water partition coefficient (Wildman–Crippen LogP) is 5.56. The molecule has 0 saturated carbocycles. The van der Waals surface area contributed by atoms with Crippen LogP contribution < -0.4 is 10.1 Å². The van der Waals surface area contributed by atoms with Crippen LogP contribution in [0.4, 0.5) is 18.0 Å². The zero-order valence-electron chi connectivity index (χ0n) is 25.0. The van der Waals surface area contributed by atoms with E-state index < -0.39 is 30.0 Å². The molecular weight excluding hydrogens is 577 g/mol. The van der Waals surface area contributed by atoms with Crippen molar-refractivity contribution in [1.82, 2.24) is 29.8 Å². The molecule has 5 heterocycles. The third-order valence-electron chi connectivity index (χ3n) is 7.75. The first kappa shape index (κ1) is 30.1. The molecule has 3 aromatic heterocycles. The molecular formula is C31H35F3N6O4. The molecule has 0 spiro atoms. The van der Waals surface area contributed by atoms with Gasteiger partial charge in [-0.2, -0.15) is 13.2 Å². The number of carbonyl (C=O) groups excluding carboxylic acids is 1. The average molecular weight is 613 g/mol. The van der Waals surface area contributed by atoms with Crippen molar-refractivity contribution in [3.05, 3.63) is 54.2 Å². The van der Waals surface area contributed by atoms with E-state index in [1.54, 1.807) is 26.8 Å². The lowest BCUT2D eigenvalue weighted by Gasteiger charge is -2.37. The van der Waals surface area contributed by atoms with Crippen LogP contribution >= 0.6 is 0 Å². The molecule has 1 N–H and O–H groups in total. The molecule has 0 aliphatic carbocycles. The first-order chi connectivity index (χ1) is 20.8. The van der Waals surface area contributed by atoms with E-state index in [4.69, 9.17) is 19.2 Å². The Kier molecular flexibility index (Phi) is 7.65. The minimum atomic E-state index is -4.57. The van der Waals surface area contributed by atoms with Crippen LogP contribution in [0.1, 0.15) is 45.7 Å². The fourth-order valence-electron chi connectivity index (χ4n) is 5.61. The Balaban J connectivity index is 1.28. The number of halogens is 3. The number of aromatic nitrogens is 4. The highest BCUT2D eigenvalue weighted by Gasteiger charge is 2.47. The van der Waals surface area contributed by atoms with Gasteiger partial charge in [-0.05, 0) is 51.0 Å². The summed E-state index contributed by atoms with van der Waals surface area (Å²) in [5.41, 5.74) is 0.722. The molecule has 10 nitrogen and oxygen atoms in total. The Morgan fingerprint density at radius 1 is 1.14 bits per heavy atom. The van der Waals surface area contributed by atoms with Crippen molar-refractivity contribution >= 4 is 22.6 Å². The van der Waals surface area contributed by atoms with Crippen LogP contribution in [0.5, 0.6) is 5.75 Å². The van der Waals surface area contributed by atoms with Gasteiger partial charge in [-0.1, -0.05) is 31.2 Å². The highest BCUT2D eigenvalue weighted by atomic mass is 19.4. The fraction of sp³-hybridized carbons (Fsp3) is 0.484. The van der Waals surface area contributed by atoms with Crippen molar-refractivity contribution in [1.29, 1.82) is 0 Å². The van der Waals surface area contributed by atoms with Crippen LogP contribution in [0.2, 0.25) is 0 Å². The van der Waals surface area contributed by atoms with Gasteiger partial charge >= 0.3 is 12.3 Å². The number of amides is 1. The van der Waals surface area contributed by atoms with Crippen molar-refractivity contribution in [2.24, 2.45) is 5.41 Å². The second-order valence-electron chi connectivity index (χ2n) is 12.9. The molecule has 2 aliphatic rings. The van der Waals surface area contributed by atoms with Gasteiger partial charge in [0.15, 0.2) is 11.5 Å². The van der Waals surface area contributed by atoms with Gasteiger partial charge in [0.05, 0.1) is 19.8 Å². The van der Waals surface area contributed by atoms with Gasteiger partial charge in [-0.15, -0.1) is 10.2 Å². The molecule has 1 aromatic carbocycles. The maximum absolute atomic E-state index is 14.6. The summed E-state index contributed by atoms with van der Waals surface area (Å²) in [6.45, 7) is 9.18. The van der Waals surface area contributed by atoms with Gasteiger partial charge in [0.25, 0.3) is 0 Å². The Morgan fingerprint density at radius 2 is 1.93 bits per heavy atom. The molecule has 13 heteroatoms. The van der Waals surface area contributed by atoms with Gasteiger partial charge in [0.1, 0.15) is 28.6 Å². The summed E-state index contributed by atoms with van der Waals surface area (Å²) >= 11 is 0. The number of hydrogen-bond donors (Lipinski definition) is 1. The summed E-state index contributed by atoms with van der Waals surface area (Å²) in [5.74, 6) is 0.914. The first-order valence-electron chi connectivity index (χ1n) is 14.5. The minimum absolute atomic E-state index is 0.0245. The zero-order chi connectivity index (χ0) is 31.3. The number of alkyl carbamates (subject to hydrolysis) is 1. The summed E-state index contributed by atoms with van der Waals surface area (Å²) in [5, 5.41) is 12.0. The van der Waals surface area contributed by atoms with Crippen LogP contribution in [-0.2, 0) is 9.47 Å². The molecule has 2 fully saturated rings. The summed E-state index contributed by atoms with van der Waals surface area (Å²) in [7, 11) is 0. The number of para-hydroxylation sites is 1. The fourth-order valence-corrected chi connectivity index (χ4v) is 5.61. The van der Waals surface area contributed by atoms with Crippen molar-refractivity contribution in [2.75, 3.05) is 32.9 Å². The van der Waals surface area contributed by atoms with Gasteiger partial charge in [-0.25, -0.2) is 9.78 Å². The smallest absolute Gasteiger partial charge is 0.408 e.